The number of nitrogens with zero attached hydrogens (tertiary/aromatic N) is 1. The van der Waals surface area contributed by atoms with Gasteiger partial charge in [0.15, 0.2) is 0 Å². The highest BCUT2D eigenvalue weighted by molar-refractivity contribution is 6.21. The van der Waals surface area contributed by atoms with Gasteiger partial charge in [-0.2, -0.15) is 0 Å². The topological polar surface area (TPSA) is 3.24 Å². The molecule has 10 aromatic carbocycles. The van der Waals surface area contributed by atoms with E-state index in [9.17, 15) is 0 Å². The molecule has 0 saturated carbocycles. The van der Waals surface area contributed by atoms with Gasteiger partial charge in [-0.25, -0.2) is 0 Å². The molecular formula is C54H37N. The molecule has 0 bridgehead atoms. The van der Waals surface area contributed by atoms with Gasteiger partial charge in [0, 0.05) is 17.1 Å². The molecule has 0 radical (unpaired) electrons. The summed E-state index contributed by atoms with van der Waals surface area (Å²) in [5.74, 6) is 0. The second-order valence-corrected chi connectivity index (χ2v) is 14.1. The quantitative estimate of drug-likeness (QED) is 0.150. The second-order valence-electron chi connectivity index (χ2n) is 14.1. The van der Waals surface area contributed by atoms with Crippen LogP contribution in [-0.2, 0) is 0 Å². The van der Waals surface area contributed by atoms with Crippen LogP contribution in [0.3, 0.4) is 0 Å². The number of para-hydroxylation sites is 2. The first-order valence-corrected chi connectivity index (χ1v) is 18.9. The van der Waals surface area contributed by atoms with Gasteiger partial charge >= 0.3 is 0 Å². The zero-order valence-corrected chi connectivity index (χ0v) is 30.3. The van der Waals surface area contributed by atoms with Crippen LogP contribution in [0.4, 0.5) is 17.1 Å². The predicted molar refractivity (Wildman–Crippen MR) is 235 cm³/mol. The van der Waals surface area contributed by atoms with Crippen LogP contribution in [0, 0.1) is 0 Å². The van der Waals surface area contributed by atoms with Gasteiger partial charge in [-0.15, -0.1) is 0 Å². The molecule has 258 valence electrons. The number of fused-ring (bicyclic) bond motifs is 3. The van der Waals surface area contributed by atoms with E-state index < -0.39 is 0 Å². The van der Waals surface area contributed by atoms with Crippen molar-refractivity contribution >= 4 is 49.4 Å². The zero-order chi connectivity index (χ0) is 36.6. The summed E-state index contributed by atoms with van der Waals surface area (Å²) < 4.78 is 0. The summed E-state index contributed by atoms with van der Waals surface area (Å²) in [6.45, 7) is 0. The third-order valence-corrected chi connectivity index (χ3v) is 10.8. The Morgan fingerprint density at radius 1 is 0.236 bits per heavy atom. The molecule has 0 N–H and O–H groups in total. The standard InChI is InChI=1S/C54H37N/c1-4-18-39(19-5-1)52-46-26-11-10-17-38(46)33-36-47(52)41-20-16-21-42(37-41)54-50-29-14-12-27-48(50)53(49-28-13-15-30-51(49)54)40-31-34-45(35-32-40)55(43-22-6-2-7-23-43)44-24-8-3-9-25-44/h1-37H. The van der Waals surface area contributed by atoms with Crippen molar-refractivity contribution < 1.29 is 0 Å². The van der Waals surface area contributed by atoms with E-state index >= 15 is 0 Å². The minimum absolute atomic E-state index is 1.12. The number of hydrogen-bond acceptors (Lipinski definition) is 1. The molecule has 0 aliphatic rings. The average molecular weight is 700 g/mol. The van der Waals surface area contributed by atoms with Crippen molar-refractivity contribution in [3.05, 3.63) is 224 Å². The van der Waals surface area contributed by atoms with Crippen molar-refractivity contribution in [3.8, 4) is 44.5 Å². The van der Waals surface area contributed by atoms with Crippen LogP contribution in [0.15, 0.2) is 224 Å². The molecule has 10 rings (SSSR count). The zero-order valence-electron chi connectivity index (χ0n) is 30.3. The highest BCUT2D eigenvalue weighted by Gasteiger charge is 2.19. The summed E-state index contributed by atoms with van der Waals surface area (Å²) in [5.41, 5.74) is 13.2. The van der Waals surface area contributed by atoms with Crippen molar-refractivity contribution in [1.29, 1.82) is 0 Å². The van der Waals surface area contributed by atoms with E-state index in [0.717, 1.165) is 17.1 Å². The van der Waals surface area contributed by atoms with Gasteiger partial charge in [-0.3, -0.25) is 0 Å². The molecule has 0 heterocycles. The van der Waals surface area contributed by atoms with Gasteiger partial charge in [-0.1, -0.05) is 182 Å². The van der Waals surface area contributed by atoms with E-state index in [1.54, 1.807) is 0 Å². The van der Waals surface area contributed by atoms with Crippen molar-refractivity contribution in [3.63, 3.8) is 0 Å². The molecule has 0 aliphatic heterocycles. The molecule has 0 spiro atoms. The van der Waals surface area contributed by atoms with Crippen LogP contribution in [0.25, 0.3) is 76.8 Å². The minimum atomic E-state index is 1.12. The molecule has 10 aromatic rings. The van der Waals surface area contributed by atoms with Gasteiger partial charge in [0.25, 0.3) is 0 Å². The van der Waals surface area contributed by atoms with Gasteiger partial charge in [0.1, 0.15) is 0 Å². The minimum Gasteiger partial charge on any atom is -0.311 e. The monoisotopic (exact) mass is 699 g/mol. The molecule has 0 unspecified atom stereocenters. The fourth-order valence-electron chi connectivity index (χ4n) is 8.40. The SMILES string of the molecule is c1ccc(-c2c(-c3cccc(-c4c5ccccc5c(-c5ccc(N(c6ccccc6)c6ccccc6)cc5)c5ccccc45)c3)ccc3ccccc23)cc1. The fraction of sp³-hybridized carbons (Fsp3) is 0. The largest absolute Gasteiger partial charge is 0.311 e. The summed E-state index contributed by atoms with van der Waals surface area (Å²) in [6, 6.07) is 81.3. The Morgan fingerprint density at radius 2 is 0.655 bits per heavy atom. The van der Waals surface area contributed by atoms with Crippen LogP contribution in [-0.4, -0.2) is 0 Å². The molecular weight excluding hydrogens is 663 g/mol. The van der Waals surface area contributed by atoms with Gasteiger partial charge in [0.2, 0.25) is 0 Å². The van der Waals surface area contributed by atoms with E-state index in [-0.39, 0.29) is 0 Å². The first-order valence-electron chi connectivity index (χ1n) is 18.9. The van der Waals surface area contributed by atoms with E-state index in [0.29, 0.717) is 0 Å². The molecule has 1 nitrogen and oxygen atoms in total. The number of rotatable bonds is 7. The predicted octanol–water partition coefficient (Wildman–Crippen LogP) is 15.3. The Bertz CT molecular complexity index is 2850. The number of hydrogen-bond donors (Lipinski definition) is 0. The highest BCUT2D eigenvalue weighted by Crippen LogP contribution is 2.46. The molecule has 0 atom stereocenters. The van der Waals surface area contributed by atoms with E-state index in [1.807, 2.05) is 0 Å². The number of anilines is 3. The molecule has 1 heteroatoms. The first kappa shape index (κ1) is 32.4. The Hall–Kier alpha value is -7.22. The van der Waals surface area contributed by atoms with Crippen molar-refractivity contribution in [2.75, 3.05) is 4.90 Å². The summed E-state index contributed by atoms with van der Waals surface area (Å²) in [6.07, 6.45) is 0. The summed E-state index contributed by atoms with van der Waals surface area (Å²) in [4.78, 5) is 2.31. The fourth-order valence-corrected chi connectivity index (χ4v) is 8.40. The van der Waals surface area contributed by atoms with Gasteiger partial charge < -0.3 is 4.90 Å². The van der Waals surface area contributed by atoms with E-state index in [4.69, 9.17) is 0 Å². The van der Waals surface area contributed by atoms with Crippen molar-refractivity contribution in [2.24, 2.45) is 0 Å². The van der Waals surface area contributed by atoms with Gasteiger partial charge in [0.05, 0.1) is 0 Å². The maximum atomic E-state index is 2.39. The Labute approximate surface area is 322 Å². The third-order valence-electron chi connectivity index (χ3n) is 10.8. The van der Waals surface area contributed by atoms with Crippen LogP contribution in [0.2, 0.25) is 0 Å². The molecule has 0 fully saturated rings. The van der Waals surface area contributed by atoms with Crippen LogP contribution in [0.1, 0.15) is 0 Å². The molecule has 0 aliphatic carbocycles. The maximum absolute atomic E-state index is 2.39. The smallest absolute Gasteiger partial charge is 0.0462 e. The van der Waals surface area contributed by atoms with Crippen molar-refractivity contribution in [2.45, 2.75) is 0 Å². The molecule has 0 amide bonds. The number of benzene rings is 10. The normalized spacial score (nSPS) is 11.3. The van der Waals surface area contributed by atoms with Crippen molar-refractivity contribution in [1.82, 2.24) is 0 Å². The summed E-state index contributed by atoms with van der Waals surface area (Å²) in [7, 11) is 0. The van der Waals surface area contributed by atoms with Crippen LogP contribution >= 0.6 is 0 Å². The van der Waals surface area contributed by atoms with E-state index in [2.05, 4.69) is 229 Å². The summed E-state index contributed by atoms with van der Waals surface area (Å²) in [5, 5.41) is 7.48. The molecule has 0 aromatic heterocycles. The Morgan fingerprint density at radius 3 is 1.24 bits per heavy atom. The average Bonchev–Trinajstić information content (AvgIpc) is 3.26. The molecule has 55 heavy (non-hydrogen) atoms. The highest BCUT2D eigenvalue weighted by atomic mass is 15.1. The lowest BCUT2D eigenvalue weighted by atomic mass is 9.84. The lowest BCUT2D eigenvalue weighted by molar-refractivity contribution is 1.28. The molecule has 0 saturated heterocycles. The first-order chi connectivity index (χ1) is 27.3. The Kier molecular flexibility index (Phi) is 8.24. The maximum Gasteiger partial charge on any atom is 0.0462 e. The lowest BCUT2D eigenvalue weighted by Crippen LogP contribution is -2.09. The van der Waals surface area contributed by atoms with Crippen LogP contribution < -0.4 is 4.90 Å². The van der Waals surface area contributed by atoms with Gasteiger partial charge in [-0.05, 0) is 119 Å². The summed E-state index contributed by atoms with van der Waals surface area (Å²) >= 11 is 0. The second kappa shape index (κ2) is 14.0. The Balaban J connectivity index is 1.14. The third kappa shape index (κ3) is 5.84. The van der Waals surface area contributed by atoms with E-state index in [1.165, 1.54) is 76.8 Å². The van der Waals surface area contributed by atoms with Crippen LogP contribution in [0.5, 0.6) is 0 Å². The lowest BCUT2D eigenvalue weighted by Gasteiger charge is -2.25.